The SMILES string of the molecule is N=C(NC(/N=C/c1ccccc1)c1ccc(-c2ccc3c(c2)C2(C(/C=C\CN)=C3)c3ccccc3Oc3ccccc32)cc1)c1ccc(-c2ccccc2)cc1. The van der Waals surface area contributed by atoms with Gasteiger partial charge in [0.2, 0.25) is 0 Å². The van der Waals surface area contributed by atoms with Crippen LogP contribution in [0.25, 0.3) is 28.3 Å². The lowest BCUT2D eigenvalue weighted by Crippen LogP contribution is -2.32. The van der Waals surface area contributed by atoms with Crippen molar-refractivity contribution in [2.24, 2.45) is 10.7 Å². The second kappa shape index (κ2) is 15.0. The fourth-order valence-corrected chi connectivity index (χ4v) is 8.03. The van der Waals surface area contributed by atoms with Crippen LogP contribution in [-0.4, -0.2) is 18.6 Å². The Hall–Kier alpha value is -7.08. The Bertz CT molecular complexity index is 2580. The van der Waals surface area contributed by atoms with Gasteiger partial charge in [-0.15, -0.1) is 0 Å². The van der Waals surface area contributed by atoms with Crippen molar-refractivity contribution >= 4 is 18.1 Å². The third-order valence-electron chi connectivity index (χ3n) is 10.7. The molecule has 5 nitrogen and oxygen atoms in total. The number of nitrogens with zero attached hydrogens (tertiary/aromatic N) is 1. The van der Waals surface area contributed by atoms with Gasteiger partial charge >= 0.3 is 0 Å². The van der Waals surface area contributed by atoms with Crippen LogP contribution in [0.3, 0.4) is 0 Å². The Morgan fingerprint density at radius 2 is 1.21 bits per heavy atom. The van der Waals surface area contributed by atoms with Gasteiger partial charge in [0.1, 0.15) is 23.5 Å². The van der Waals surface area contributed by atoms with Crippen molar-refractivity contribution in [3.63, 3.8) is 0 Å². The standard InChI is InChI=1S/C51H40N4O/c52-31-11-16-43-32-42-30-29-41(33-46(42)51(43)44-17-7-9-19-47(44)56-48-20-10-8-18-45(48)51)38-23-27-40(28-24-38)50(54-34-35-12-3-1-4-13-35)55-49(53)39-25-21-37(22-26-39)36-14-5-2-6-15-36/h1-30,32-34,50H,31,52H2,(H2,53,55)/b16-11-,54-34+. The van der Waals surface area contributed by atoms with Crippen LogP contribution in [0.4, 0.5) is 0 Å². The zero-order valence-electron chi connectivity index (χ0n) is 30.8. The van der Waals surface area contributed by atoms with E-state index in [4.69, 9.17) is 20.9 Å². The van der Waals surface area contributed by atoms with E-state index in [1.54, 1.807) is 0 Å². The van der Waals surface area contributed by atoms with Gasteiger partial charge in [-0.1, -0.05) is 170 Å². The van der Waals surface area contributed by atoms with Crippen LogP contribution >= 0.6 is 0 Å². The number of ether oxygens (including phenoxy) is 1. The first-order chi connectivity index (χ1) is 27.6. The second-order valence-corrected chi connectivity index (χ2v) is 14.1. The molecule has 270 valence electrons. The number of amidine groups is 1. The van der Waals surface area contributed by atoms with Crippen LogP contribution in [0.1, 0.15) is 45.1 Å². The van der Waals surface area contributed by atoms with Crippen LogP contribution in [0.15, 0.2) is 199 Å². The summed E-state index contributed by atoms with van der Waals surface area (Å²) in [5.41, 5.74) is 18.4. The lowest BCUT2D eigenvalue weighted by atomic mass is 9.65. The van der Waals surface area contributed by atoms with Crippen molar-refractivity contribution in [3.05, 3.63) is 233 Å². The second-order valence-electron chi connectivity index (χ2n) is 14.1. The van der Waals surface area contributed by atoms with Crippen LogP contribution in [0.5, 0.6) is 11.5 Å². The lowest BCUT2D eigenvalue weighted by molar-refractivity contribution is 0.436. The van der Waals surface area contributed by atoms with Gasteiger partial charge in [0.05, 0.1) is 5.41 Å². The summed E-state index contributed by atoms with van der Waals surface area (Å²) in [6.07, 6.45) is 7.88. The molecule has 1 unspecified atom stereocenters. The van der Waals surface area contributed by atoms with E-state index in [1.807, 2.05) is 85.1 Å². The molecule has 0 saturated carbocycles. The first kappa shape index (κ1) is 34.7. The van der Waals surface area contributed by atoms with E-state index < -0.39 is 11.6 Å². The molecule has 2 aliphatic rings. The maximum atomic E-state index is 9.06. The summed E-state index contributed by atoms with van der Waals surface area (Å²) < 4.78 is 6.50. The van der Waals surface area contributed by atoms with Gasteiger partial charge in [0, 0.05) is 29.4 Å². The van der Waals surface area contributed by atoms with Crippen LogP contribution < -0.4 is 15.8 Å². The summed E-state index contributed by atoms with van der Waals surface area (Å²) in [6, 6.07) is 60.4. The average molecular weight is 725 g/mol. The van der Waals surface area contributed by atoms with Crippen LogP contribution in [0, 0.1) is 5.41 Å². The van der Waals surface area contributed by atoms with Gasteiger partial charge < -0.3 is 15.8 Å². The number of aliphatic imine (C=N–C) groups is 1. The normalized spacial score (nSPS) is 14.1. The first-order valence-electron chi connectivity index (χ1n) is 18.9. The van der Waals surface area contributed by atoms with Gasteiger partial charge in [-0.2, -0.15) is 0 Å². The smallest absolute Gasteiger partial charge is 0.145 e. The minimum absolute atomic E-state index is 0.303. The summed E-state index contributed by atoms with van der Waals surface area (Å²) in [5.74, 6) is 2.01. The summed E-state index contributed by atoms with van der Waals surface area (Å²) in [7, 11) is 0. The molecule has 0 amide bonds. The highest BCUT2D eigenvalue weighted by molar-refractivity contribution is 5.97. The molecule has 5 heteroatoms. The molecular formula is C51H40N4O. The van der Waals surface area contributed by atoms with Gasteiger partial charge in [0.15, 0.2) is 0 Å². The molecule has 56 heavy (non-hydrogen) atoms. The largest absolute Gasteiger partial charge is 0.457 e. The number of hydrogen-bond acceptors (Lipinski definition) is 4. The first-order valence-corrected chi connectivity index (χ1v) is 18.9. The van der Waals surface area contributed by atoms with E-state index in [0.717, 1.165) is 67.1 Å². The number of benzene rings is 7. The van der Waals surface area contributed by atoms with E-state index in [9.17, 15) is 0 Å². The molecule has 1 aliphatic carbocycles. The van der Waals surface area contributed by atoms with Crippen molar-refractivity contribution in [1.82, 2.24) is 5.32 Å². The quantitative estimate of drug-likeness (QED) is 0.102. The highest BCUT2D eigenvalue weighted by atomic mass is 16.5. The molecule has 0 aromatic heterocycles. The molecule has 0 saturated heterocycles. The molecule has 1 heterocycles. The molecule has 1 spiro atoms. The third-order valence-corrected chi connectivity index (χ3v) is 10.7. The fraction of sp³-hybridized carbons (Fsp3) is 0.0588. The Labute approximate surface area is 327 Å². The molecule has 0 radical (unpaired) electrons. The molecule has 1 aliphatic heterocycles. The van der Waals surface area contributed by atoms with E-state index in [-0.39, 0.29) is 0 Å². The van der Waals surface area contributed by atoms with Crippen LogP contribution in [-0.2, 0) is 5.41 Å². The fourth-order valence-electron chi connectivity index (χ4n) is 8.03. The van der Waals surface area contributed by atoms with Crippen molar-refractivity contribution in [2.75, 3.05) is 6.54 Å². The Balaban J connectivity index is 1.06. The molecule has 4 N–H and O–H groups in total. The van der Waals surface area contributed by atoms with Gasteiger partial charge in [-0.05, 0) is 74.4 Å². The van der Waals surface area contributed by atoms with Crippen molar-refractivity contribution in [1.29, 1.82) is 5.41 Å². The van der Waals surface area contributed by atoms with Gasteiger partial charge in [-0.3, -0.25) is 10.4 Å². The summed E-state index contributed by atoms with van der Waals surface area (Å²) in [4.78, 5) is 4.97. The van der Waals surface area contributed by atoms with Crippen molar-refractivity contribution < 1.29 is 4.74 Å². The minimum atomic E-state index is -0.566. The van der Waals surface area contributed by atoms with E-state index >= 15 is 0 Å². The number of rotatable bonds is 9. The number of fused-ring (bicyclic) bond motifs is 6. The van der Waals surface area contributed by atoms with E-state index in [1.165, 1.54) is 11.1 Å². The summed E-state index contributed by atoms with van der Waals surface area (Å²) in [6.45, 7) is 0.451. The zero-order valence-corrected chi connectivity index (χ0v) is 30.8. The third kappa shape index (κ3) is 6.34. The average Bonchev–Trinajstić information content (AvgIpc) is 3.58. The molecule has 0 fully saturated rings. The van der Waals surface area contributed by atoms with Gasteiger partial charge in [0.25, 0.3) is 0 Å². The lowest BCUT2D eigenvalue weighted by Gasteiger charge is -2.40. The highest BCUT2D eigenvalue weighted by Gasteiger charge is 2.49. The molecule has 7 aromatic rings. The molecule has 7 aromatic carbocycles. The van der Waals surface area contributed by atoms with E-state index in [2.05, 4.69) is 121 Å². The Kier molecular flexibility index (Phi) is 9.27. The van der Waals surface area contributed by atoms with Crippen LogP contribution in [0.2, 0.25) is 0 Å². The van der Waals surface area contributed by atoms with Crippen molar-refractivity contribution in [2.45, 2.75) is 11.6 Å². The topological polar surface area (TPSA) is 83.5 Å². The predicted octanol–water partition coefficient (Wildman–Crippen LogP) is 11.1. The Morgan fingerprint density at radius 1 is 0.643 bits per heavy atom. The Morgan fingerprint density at radius 3 is 1.89 bits per heavy atom. The summed E-state index contributed by atoms with van der Waals surface area (Å²) in [5, 5.41) is 12.5. The summed E-state index contributed by atoms with van der Waals surface area (Å²) >= 11 is 0. The minimum Gasteiger partial charge on any atom is -0.457 e. The number of allylic oxidation sites excluding steroid dienone is 2. The number of nitrogens with one attached hydrogen (secondary N) is 2. The number of nitrogens with two attached hydrogens (primary N) is 1. The van der Waals surface area contributed by atoms with Crippen molar-refractivity contribution in [3.8, 4) is 33.8 Å². The maximum absolute atomic E-state index is 9.06. The maximum Gasteiger partial charge on any atom is 0.145 e. The monoisotopic (exact) mass is 724 g/mol. The molecular weight excluding hydrogens is 685 g/mol. The van der Waals surface area contributed by atoms with E-state index in [0.29, 0.717) is 12.4 Å². The number of hydrogen-bond donors (Lipinski definition) is 3. The molecule has 0 bridgehead atoms. The zero-order chi connectivity index (χ0) is 37.9. The molecule has 1 atom stereocenters. The molecule has 9 rings (SSSR count). The predicted molar refractivity (Wildman–Crippen MR) is 230 cm³/mol. The van der Waals surface area contributed by atoms with Gasteiger partial charge in [-0.25, -0.2) is 0 Å². The highest BCUT2D eigenvalue weighted by Crippen LogP contribution is 2.59. The number of para-hydroxylation sites is 2.